The molecule has 10 heavy (non-hydrogen) atoms. The third-order valence-corrected chi connectivity index (χ3v) is 2.18. The fourth-order valence-electron chi connectivity index (χ4n) is 1.63. The lowest BCUT2D eigenvalue weighted by molar-refractivity contribution is -0.115. The average Bonchev–Trinajstić information content (AvgIpc) is 1.86. The van der Waals surface area contributed by atoms with E-state index in [-0.39, 0.29) is 5.92 Å². The van der Waals surface area contributed by atoms with Crippen LogP contribution in [0.3, 0.4) is 0 Å². The molecule has 1 fully saturated rings. The van der Waals surface area contributed by atoms with Crippen LogP contribution in [-0.4, -0.2) is 17.0 Å². The number of hydrogen-bond donors (Lipinski definition) is 1. The minimum atomic E-state index is -0.580. The van der Waals surface area contributed by atoms with Crippen LogP contribution >= 0.6 is 0 Å². The maximum atomic E-state index is 10.3. The Bertz CT molecular complexity index is 129. The van der Waals surface area contributed by atoms with Crippen LogP contribution in [0.4, 0.5) is 0 Å². The molecule has 1 N–H and O–H groups in total. The molecule has 0 aromatic carbocycles. The quantitative estimate of drug-likeness (QED) is 0.557. The van der Waals surface area contributed by atoms with Crippen LogP contribution in [0.5, 0.6) is 0 Å². The summed E-state index contributed by atoms with van der Waals surface area (Å²) in [6.07, 6.45) is 4.40. The molecule has 0 aliphatic heterocycles. The maximum absolute atomic E-state index is 10.3. The predicted octanol–water partition coefficient (Wildman–Crippen LogP) is 1.13. The van der Waals surface area contributed by atoms with Crippen LogP contribution in [0.25, 0.3) is 0 Å². The zero-order valence-corrected chi connectivity index (χ0v) is 6.34. The van der Waals surface area contributed by atoms with Gasteiger partial charge in [-0.15, -0.1) is 0 Å². The van der Waals surface area contributed by atoms with E-state index in [0.717, 1.165) is 25.5 Å². The third kappa shape index (κ3) is 1.81. The fourth-order valence-corrected chi connectivity index (χ4v) is 1.63. The van der Waals surface area contributed by atoms with Gasteiger partial charge in [-0.25, -0.2) is 0 Å². The van der Waals surface area contributed by atoms with Gasteiger partial charge in [0.05, 0.1) is 5.60 Å². The Labute approximate surface area is 61.2 Å². The van der Waals surface area contributed by atoms with Crippen molar-refractivity contribution in [3.8, 4) is 0 Å². The smallest absolute Gasteiger partial charge is 0.123 e. The lowest BCUT2D eigenvalue weighted by Crippen LogP contribution is -2.32. The van der Waals surface area contributed by atoms with E-state index in [9.17, 15) is 9.90 Å². The minimum absolute atomic E-state index is 0.101. The molecule has 2 heteroatoms. The van der Waals surface area contributed by atoms with Gasteiger partial charge in [-0.2, -0.15) is 0 Å². The van der Waals surface area contributed by atoms with E-state index >= 15 is 0 Å². The highest BCUT2D eigenvalue weighted by molar-refractivity contribution is 5.53. The van der Waals surface area contributed by atoms with Gasteiger partial charge in [-0.1, -0.05) is 0 Å². The molecule has 2 unspecified atom stereocenters. The molecule has 1 saturated carbocycles. The van der Waals surface area contributed by atoms with Crippen LogP contribution < -0.4 is 0 Å². The molecule has 0 heterocycles. The van der Waals surface area contributed by atoms with Gasteiger partial charge in [0.1, 0.15) is 6.29 Å². The molecule has 1 aliphatic rings. The summed E-state index contributed by atoms with van der Waals surface area (Å²) in [5.41, 5.74) is -0.580. The molecule has 0 saturated heterocycles. The zero-order valence-electron chi connectivity index (χ0n) is 6.34. The first-order valence-electron chi connectivity index (χ1n) is 3.82. The van der Waals surface area contributed by atoms with Crippen molar-refractivity contribution in [1.29, 1.82) is 0 Å². The van der Waals surface area contributed by atoms with E-state index in [1.807, 2.05) is 6.92 Å². The summed E-state index contributed by atoms with van der Waals surface area (Å²) in [7, 11) is 0. The van der Waals surface area contributed by atoms with E-state index in [0.29, 0.717) is 6.42 Å². The highest BCUT2D eigenvalue weighted by atomic mass is 16.3. The molecule has 0 spiro atoms. The van der Waals surface area contributed by atoms with Gasteiger partial charge < -0.3 is 9.90 Å². The number of aliphatic hydroxyl groups is 1. The SMILES string of the molecule is CC1(O)CCCC(C=O)C1. The number of aldehydes is 1. The molecule has 2 nitrogen and oxygen atoms in total. The van der Waals surface area contributed by atoms with Gasteiger partial charge in [0.2, 0.25) is 0 Å². The Hall–Kier alpha value is -0.370. The van der Waals surface area contributed by atoms with Crippen molar-refractivity contribution in [3.63, 3.8) is 0 Å². The zero-order chi connectivity index (χ0) is 7.61. The number of carbonyl (C=O) groups is 1. The summed E-state index contributed by atoms with van der Waals surface area (Å²) in [5.74, 6) is 0.101. The number of carbonyl (C=O) groups excluding carboxylic acids is 1. The van der Waals surface area contributed by atoms with E-state index in [4.69, 9.17) is 0 Å². The van der Waals surface area contributed by atoms with E-state index in [2.05, 4.69) is 0 Å². The summed E-state index contributed by atoms with van der Waals surface area (Å²) in [6, 6.07) is 0. The van der Waals surface area contributed by atoms with Crippen LogP contribution in [0.15, 0.2) is 0 Å². The van der Waals surface area contributed by atoms with Gasteiger partial charge in [0.25, 0.3) is 0 Å². The molecule has 0 amide bonds. The van der Waals surface area contributed by atoms with E-state index in [1.54, 1.807) is 0 Å². The second-order valence-electron chi connectivity index (χ2n) is 3.49. The lowest BCUT2D eigenvalue weighted by atomic mass is 9.80. The molecule has 58 valence electrons. The van der Waals surface area contributed by atoms with Gasteiger partial charge >= 0.3 is 0 Å². The first-order chi connectivity index (χ1) is 4.64. The van der Waals surface area contributed by atoms with Crippen molar-refractivity contribution in [2.45, 2.75) is 38.2 Å². The Morgan fingerprint density at radius 3 is 2.80 bits per heavy atom. The summed E-state index contributed by atoms with van der Waals surface area (Å²) in [6.45, 7) is 1.81. The van der Waals surface area contributed by atoms with Gasteiger partial charge in [0, 0.05) is 5.92 Å². The predicted molar refractivity (Wildman–Crippen MR) is 38.6 cm³/mol. The van der Waals surface area contributed by atoms with Gasteiger partial charge in [0.15, 0.2) is 0 Å². The van der Waals surface area contributed by atoms with Gasteiger partial charge in [-0.3, -0.25) is 0 Å². The first kappa shape index (κ1) is 7.73. The topological polar surface area (TPSA) is 37.3 Å². The molecule has 0 bridgehead atoms. The van der Waals surface area contributed by atoms with Crippen LogP contribution in [0.1, 0.15) is 32.6 Å². The number of hydrogen-bond acceptors (Lipinski definition) is 2. The highest BCUT2D eigenvalue weighted by Gasteiger charge is 2.29. The molecule has 0 aromatic heterocycles. The summed E-state index contributed by atoms with van der Waals surface area (Å²) < 4.78 is 0. The fraction of sp³-hybridized carbons (Fsp3) is 0.875. The average molecular weight is 142 g/mol. The van der Waals surface area contributed by atoms with Crippen molar-refractivity contribution in [1.82, 2.24) is 0 Å². The van der Waals surface area contributed by atoms with E-state index < -0.39 is 5.60 Å². The second kappa shape index (κ2) is 2.70. The van der Waals surface area contributed by atoms with Crippen molar-refractivity contribution in [3.05, 3.63) is 0 Å². The van der Waals surface area contributed by atoms with Crippen LogP contribution in [0.2, 0.25) is 0 Å². The molecular formula is C8H14O2. The van der Waals surface area contributed by atoms with Gasteiger partial charge in [-0.05, 0) is 32.6 Å². The van der Waals surface area contributed by atoms with Crippen molar-refractivity contribution in [2.24, 2.45) is 5.92 Å². The minimum Gasteiger partial charge on any atom is -0.390 e. The normalized spacial score (nSPS) is 41.2. The summed E-state index contributed by atoms with van der Waals surface area (Å²) in [5, 5.41) is 9.52. The van der Waals surface area contributed by atoms with Crippen molar-refractivity contribution < 1.29 is 9.90 Å². The van der Waals surface area contributed by atoms with Crippen LogP contribution in [-0.2, 0) is 4.79 Å². The largest absolute Gasteiger partial charge is 0.390 e. The standard InChI is InChI=1S/C8H14O2/c1-8(10)4-2-3-7(5-8)6-9/h6-7,10H,2-5H2,1H3. The molecule has 2 atom stereocenters. The first-order valence-corrected chi connectivity index (χ1v) is 3.82. The molecule has 1 aliphatic carbocycles. The monoisotopic (exact) mass is 142 g/mol. The highest BCUT2D eigenvalue weighted by Crippen LogP contribution is 2.30. The molecular weight excluding hydrogens is 128 g/mol. The molecule has 0 aromatic rings. The Balaban J connectivity index is 2.47. The lowest BCUT2D eigenvalue weighted by Gasteiger charge is -2.31. The number of rotatable bonds is 1. The maximum Gasteiger partial charge on any atom is 0.123 e. The van der Waals surface area contributed by atoms with Crippen molar-refractivity contribution >= 4 is 6.29 Å². The van der Waals surface area contributed by atoms with Crippen molar-refractivity contribution in [2.75, 3.05) is 0 Å². The van der Waals surface area contributed by atoms with E-state index in [1.165, 1.54) is 0 Å². The second-order valence-corrected chi connectivity index (χ2v) is 3.49. The third-order valence-electron chi connectivity index (χ3n) is 2.18. The summed E-state index contributed by atoms with van der Waals surface area (Å²) in [4.78, 5) is 10.3. The Morgan fingerprint density at radius 2 is 2.40 bits per heavy atom. The summed E-state index contributed by atoms with van der Waals surface area (Å²) >= 11 is 0. The van der Waals surface area contributed by atoms with Crippen LogP contribution in [0, 0.1) is 5.92 Å². The Morgan fingerprint density at radius 1 is 1.70 bits per heavy atom. The molecule has 1 rings (SSSR count). The molecule has 0 radical (unpaired) electrons. The Kier molecular flexibility index (Phi) is 2.09.